The minimum absolute atomic E-state index is 0.983. The summed E-state index contributed by atoms with van der Waals surface area (Å²) < 4.78 is 0. The van der Waals surface area contributed by atoms with Gasteiger partial charge >= 0.3 is 0 Å². The average Bonchev–Trinajstić information content (AvgIpc) is 2.67. The molecule has 1 heteroatoms. The molecule has 1 nitrogen and oxygen atoms in total. The maximum absolute atomic E-state index is 2.52. The molecule has 24 heavy (non-hydrogen) atoms. The first kappa shape index (κ1) is 15.7. The molecular formula is C23H29N. The maximum Gasteiger partial charge on any atom is 0.0432 e. The highest BCUT2D eigenvalue weighted by atomic mass is 15.1. The summed E-state index contributed by atoms with van der Waals surface area (Å²) >= 11 is 0. The molecule has 0 atom stereocenters. The van der Waals surface area contributed by atoms with Gasteiger partial charge in [0, 0.05) is 18.8 Å². The lowest BCUT2D eigenvalue weighted by Crippen LogP contribution is -2.30. The van der Waals surface area contributed by atoms with Gasteiger partial charge in [-0.2, -0.15) is 0 Å². The van der Waals surface area contributed by atoms with E-state index in [4.69, 9.17) is 0 Å². The van der Waals surface area contributed by atoms with E-state index in [-0.39, 0.29) is 0 Å². The molecule has 0 radical (unpaired) electrons. The van der Waals surface area contributed by atoms with Gasteiger partial charge in [0.05, 0.1) is 0 Å². The van der Waals surface area contributed by atoms with Crippen molar-refractivity contribution in [2.45, 2.75) is 57.9 Å². The number of aryl methyl sites for hydroxylation is 1. The molecule has 0 saturated heterocycles. The van der Waals surface area contributed by atoms with E-state index in [0.29, 0.717) is 0 Å². The van der Waals surface area contributed by atoms with E-state index in [0.717, 1.165) is 19.0 Å². The van der Waals surface area contributed by atoms with Crippen LogP contribution in [0.1, 0.15) is 55.2 Å². The second kappa shape index (κ2) is 7.42. The molecule has 0 aromatic heterocycles. The van der Waals surface area contributed by atoms with E-state index in [9.17, 15) is 0 Å². The van der Waals surface area contributed by atoms with Crippen molar-refractivity contribution < 1.29 is 0 Å². The lowest BCUT2D eigenvalue weighted by molar-refractivity contribution is 0.339. The highest BCUT2D eigenvalue weighted by molar-refractivity contribution is 5.50. The van der Waals surface area contributed by atoms with Gasteiger partial charge in [0.15, 0.2) is 0 Å². The molecular weight excluding hydrogens is 290 g/mol. The molecule has 1 aliphatic heterocycles. The Hall–Kier alpha value is -1.76. The minimum atomic E-state index is 0.983. The van der Waals surface area contributed by atoms with Crippen LogP contribution in [-0.4, -0.2) is 6.54 Å². The van der Waals surface area contributed by atoms with E-state index in [1.165, 1.54) is 73.7 Å². The van der Waals surface area contributed by atoms with Gasteiger partial charge in [-0.25, -0.2) is 0 Å². The predicted octanol–water partition coefficient (Wildman–Crippen LogP) is 5.76. The summed E-state index contributed by atoms with van der Waals surface area (Å²) in [6, 6.07) is 18.3. The van der Waals surface area contributed by atoms with Gasteiger partial charge in [0.1, 0.15) is 0 Å². The molecule has 1 saturated carbocycles. The lowest BCUT2D eigenvalue weighted by Gasteiger charge is -2.31. The Labute approximate surface area is 146 Å². The molecule has 2 aliphatic rings. The van der Waals surface area contributed by atoms with Crippen LogP contribution in [0.15, 0.2) is 48.5 Å². The second-order valence-corrected chi connectivity index (χ2v) is 7.65. The van der Waals surface area contributed by atoms with Crippen LogP contribution in [0.5, 0.6) is 0 Å². The Balaban J connectivity index is 1.36. The van der Waals surface area contributed by atoms with Crippen LogP contribution in [0.25, 0.3) is 0 Å². The van der Waals surface area contributed by atoms with Crippen molar-refractivity contribution in [2.24, 2.45) is 5.92 Å². The Morgan fingerprint density at radius 1 is 0.833 bits per heavy atom. The smallest absolute Gasteiger partial charge is 0.0432 e. The number of rotatable bonds is 4. The van der Waals surface area contributed by atoms with Gasteiger partial charge in [-0.05, 0) is 54.0 Å². The van der Waals surface area contributed by atoms with Crippen molar-refractivity contribution in [2.75, 3.05) is 11.4 Å². The van der Waals surface area contributed by atoms with Crippen LogP contribution in [0.3, 0.4) is 0 Å². The standard InChI is InChI=1S/C23H29N/c1-2-6-19(7-3-1)10-11-20-12-14-23(15-13-20)24-17-16-21-8-4-5-9-22(21)18-24/h4-5,8-9,12-15,19H,1-3,6-7,10-11,16-18H2. The third-order valence-electron chi connectivity index (χ3n) is 6.00. The van der Waals surface area contributed by atoms with Crippen LogP contribution < -0.4 is 4.90 Å². The van der Waals surface area contributed by atoms with Gasteiger partial charge in [-0.3, -0.25) is 0 Å². The van der Waals surface area contributed by atoms with E-state index >= 15 is 0 Å². The molecule has 0 unspecified atom stereocenters. The molecule has 4 rings (SSSR count). The van der Waals surface area contributed by atoms with E-state index in [1.807, 2.05) is 0 Å². The molecule has 2 aromatic rings. The van der Waals surface area contributed by atoms with Crippen LogP contribution in [0.4, 0.5) is 5.69 Å². The number of hydrogen-bond donors (Lipinski definition) is 0. The summed E-state index contributed by atoms with van der Waals surface area (Å²) in [5.41, 5.74) is 5.91. The molecule has 0 N–H and O–H groups in total. The molecule has 0 bridgehead atoms. The highest BCUT2D eigenvalue weighted by Gasteiger charge is 2.16. The SMILES string of the molecule is c1ccc2c(c1)CCN(c1ccc(CCC3CCCCC3)cc1)C2. The zero-order valence-electron chi connectivity index (χ0n) is 14.7. The van der Waals surface area contributed by atoms with Gasteiger partial charge in [0.2, 0.25) is 0 Å². The topological polar surface area (TPSA) is 3.24 Å². The Morgan fingerprint density at radius 3 is 2.38 bits per heavy atom. The fourth-order valence-corrected chi connectivity index (χ4v) is 4.44. The summed E-state index contributed by atoms with van der Waals surface area (Å²) in [5, 5.41) is 0. The molecule has 2 aromatic carbocycles. The zero-order chi connectivity index (χ0) is 16.2. The number of nitrogens with zero attached hydrogens (tertiary/aromatic N) is 1. The van der Waals surface area contributed by atoms with Crippen molar-refractivity contribution >= 4 is 5.69 Å². The summed E-state index contributed by atoms with van der Waals surface area (Å²) in [7, 11) is 0. The van der Waals surface area contributed by atoms with Crippen molar-refractivity contribution in [1.82, 2.24) is 0 Å². The minimum Gasteiger partial charge on any atom is -0.367 e. The van der Waals surface area contributed by atoms with Crippen molar-refractivity contribution in [3.8, 4) is 0 Å². The van der Waals surface area contributed by atoms with Gasteiger partial charge in [-0.15, -0.1) is 0 Å². The first-order valence-corrected chi connectivity index (χ1v) is 9.79. The highest BCUT2D eigenvalue weighted by Crippen LogP contribution is 2.28. The third-order valence-corrected chi connectivity index (χ3v) is 6.00. The number of benzene rings is 2. The maximum atomic E-state index is 2.52. The molecule has 0 spiro atoms. The van der Waals surface area contributed by atoms with E-state index in [1.54, 1.807) is 0 Å². The molecule has 1 fully saturated rings. The lowest BCUT2D eigenvalue weighted by atomic mass is 9.85. The Kier molecular flexibility index (Phi) is 4.87. The van der Waals surface area contributed by atoms with Crippen LogP contribution in [0.2, 0.25) is 0 Å². The Morgan fingerprint density at radius 2 is 1.58 bits per heavy atom. The van der Waals surface area contributed by atoms with Gasteiger partial charge in [-0.1, -0.05) is 68.5 Å². The fraction of sp³-hybridized carbons (Fsp3) is 0.478. The summed E-state index contributed by atoms with van der Waals surface area (Å²) in [5.74, 6) is 0.983. The van der Waals surface area contributed by atoms with Crippen LogP contribution >= 0.6 is 0 Å². The molecule has 0 amide bonds. The molecule has 1 aliphatic carbocycles. The van der Waals surface area contributed by atoms with Crippen LogP contribution in [0, 0.1) is 5.92 Å². The summed E-state index contributed by atoms with van der Waals surface area (Å²) in [6.07, 6.45) is 11.1. The van der Waals surface area contributed by atoms with Gasteiger partial charge < -0.3 is 4.90 Å². The normalized spacial score (nSPS) is 18.4. The van der Waals surface area contributed by atoms with Crippen molar-refractivity contribution in [1.29, 1.82) is 0 Å². The average molecular weight is 319 g/mol. The zero-order valence-corrected chi connectivity index (χ0v) is 14.7. The number of fused-ring (bicyclic) bond motifs is 1. The third kappa shape index (κ3) is 3.66. The monoisotopic (exact) mass is 319 g/mol. The first-order valence-electron chi connectivity index (χ1n) is 9.79. The molecule has 126 valence electrons. The van der Waals surface area contributed by atoms with E-state index in [2.05, 4.69) is 53.4 Å². The van der Waals surface area contributed by atoms with Crippen molar-refractivity contribution in [3.63, 3.8) is 0 Å². The van der Waals surface area contributed by atoms with Crippen LogP contribution in [-0.2, 0) is 19.4 Å². The van der Waals surface area contributed by atoms with Crippen molar-refractivity contribution in [3.05, 3.63) is 65.2 Å². The second-order valence-electron chi connectivity index (χ2n) is 7.65. The number of hydrogen-bond acceptors (Lipinski definition) is 1. The van der Waals surface area contributed by atoms with E-state index < -0.39 is 0 Å². The quantitative estimate of drug-likeness (QED) is 0.692. The fourth-order valence-electron chi connectivity index (χ4n) is 4.44. The summed E-state index contributed by atoms with van der Waals surface area (Å²) in [4.78, 5) is 2.52. The predicted molar refractivity (Wildman–Crippen MR) is 103 cm³/mol. The first-order chi connectivity index (χ1) is 11.9. The number of anilines is 1. The van der Waals surface area contributed by atoms with Gasteiger partial charge in [0.25, 0.3) is 0 Å². The Bertz CT molecular complexity index is 652. The summed E-state index contributed by atoms with van der Waals surface area (Å²) in [6.45, 7) is 2.19. The largest absolute Gasteiger partial charge is 0.367 e. The molecule has 1 heterocycles.